The Kier molecular flexibility index (Phi) is 13.3. The molecular weight excluding hydrogens is 490 g/mol. The first-order valence-electron chi connectivity index (χ1n) is 11.5. The molecule has 1 rings (SSSR count). The number of nitrogens with two attached hydrogens (primary N) is 3. The standard InChI is InChI=1S/C21H37N9O5S/c1-11(2)6-15(29-17(31)13(22)9-36)18(32)30-16(7-12-8-25-10-27-12)19(33)28-14(20(34)35)4-3-5-26-21(23)24/h8,10-11,13-16,36H,3-7,9,22H2,1-2H3,(H,25,27)(H,28,33)(H,29,31)(H,30,32)(H,34,35)(H4,23,24,26). The number of carbonyl (C=O) groups is 4. The van der Waals surface area contributed by atoms with E-state index in [0.717, 1.165) is 0 Å². The zero-order valence-electron chi connectivity index (χ0n) is 20.4. The van der Waals surface area contributed by atoms with Crippen molar-refractivity contribution in [3.05, 3.63) is 18.2 Å². The molecule has 15 heteroatoms. The molecule has 0 aliphatic rings. The first kappa shape index (κ1) is 30.7. The molecule has 0 aliphatic heterocycles. The molecule has 3 amide bonds. The van der Waals surface area contributed by atoms with E-state index in [9.17, 15) is 24.3 Å². The zero-order chi connectivity index (χ0) is 27.3. The van der Waals surface area contributed by atoms with Crippen molar-refractivity contribution in [1.29, 1.82) is 0 Å². The maximum absolute atomic E-state index is 13.1. The molecule has 0 saturated heterocycles. The van der Waals surface area contributed by atoms with Gasteiger partial charge in [0.15, 0.2) is 5.96 Å². The van der Waals surface area contributed by atoms with Crippen LogP contribution in [0.3, 0.4) is 0 Å². The number of carboxylic acid groups (broad SMARTS) is 1. The van der Waals surface area contributed by atoms with Crippen LogP contribution in [0, 0.1) is 5.92 Å². The number of aliphatic carboxylic acids is 1. The van der Waals surface area contributed by atoms with E-state index in [0.29, 0.717) is 12.1 Å². The van der Waals surface area contributed by atoms with E-state index in [1.807, 2.05) is 13.8 Å². The van der Waals surface area contributed by atoms with Crippen molar-refractivity contribution in [2.24, 2.45) is 28.1 Å². The molecule has 0 saturated carbocycles. The molecule has 0 fully saturated rings. The second-order valence-electron chi connectivity index (χ2n) is 8.67. The predicted octanol–water partition coefficient (Wildman–Crippen LogP) is -2.15. The summed E-state index contributed by atoms with van der Waals surface area (Å²) in [6, 6.07) is -4.25. The SMILES string of the molecule is CC(C)CC(NC(=O)C(N)CS)C(=O)NC(Cc1cnc[nH]1)C(=O)NC(CCCN=C(N)N)C(=O)O. The van der Waals surface area contributed by atoms with Crippen molar-refractivity contribution >= 4 is 42.3 Å². The highest BCUT2D eigenvalue weighted by Crippen LogP contribution is 2.08. The van der Waals surface area contributed by atoms with Crippen molar-refractivity contribution in [3.8, 4) is 0 Å². The third-order valence-electron chi connectivity index (χ3n) is 5.05. The number of thiol groups is 1. The molecule has 1 heterocycles. The topological polar surface area (TPSA) is 244 Å². The molecule has 0 radical (unpaired) electrons. The van der Waals surface area contributed by atoms with Crippen LogP contribution in [0.2, 0.25) is 0 Å². The van der Waals surface area contributed by atoms with Gasteiger partial charge in [0.05, 0.1) is 12.4 Å². The minimum atomic E-state index is -1.25. The van der Waals surface area contributed by atoms with Crippen LogP contribution in [0.25, 0.3) is 0 Å². The summed E-state index contributed by atoms with van der Waals surface area (Å²) >= 11 is 4.00. The molecule has 36 heavy (non-hydrogen) atoms. The fourth-order valence-electron chi connectivity index (χ4n) is 3.20. The second-order valence-corrected chi connectivity index (χ2v) is 9.04. The molecule has 11 N–H and O–H groups in total. The Hall–Kier alpha value is -3.33. The van der Waals surface area contributed by atoms with Crippen LogP contribution in [0.15, 0.2) is 17.5 Å². The van der Waals surface area contributed by atoms with E-state index in [-0.39, 0.29) is 43.4 Å². The number of hydrogen-bond donors (Lipinski definition) is 9. The molecule has 4 unspecified atom stereocenters. The molecule has 4 atom stereocenters. The van der Waals surface area contributed by atoms with Crippen molar-refractivity contribution < 1.29 is 24.3 Å². The van der Waals surface area contributed by atoms with E-state index >= 15 is 0 Å². The van der Waals surface area contributed by atoms with Gasteiger partial charge >= 0.3 is 5.97 Å². The Balaban J connectivity index is 3.02. The first-order valence-corrected chi connectivity index (χ1v) is 12.1. The van der Waals surface area contributed by atoms with Crippen LogP contribution >= 0.6 is 12.6 Å². The van der Waals surface area contributed by atoms with Gasteiger partial charge in [0.25, 0.3) is 0 Å². The number of guanidine groups is 1. The van der Waals surface area contributed by atoms with E-state index in [1.165, 1.54) is 12.5 Å². The average molecular weight is 528 g/mol. The Morgan fingerprint density at radius 1 is 1.08 bits per heavy atom. The monoisotopic (exact) mass is 527 g/mol. The first-order chi connectivity index (χ1) is 16.9. The van der Waals surface area contributed by atoms with Crippen LogP contribution in [-0.4, -0.2) is 81.2 Å². The number of aliphatic imine (C=N–C) groups is 1. The third kappa shape index (κ3) is 11.4. The van der Waals surface area contributed by atoms with Gasteiger partial charge in [-0.1, -0.05) is 13.8 Å². The third-order valence-corrected chi connectivity index (χ3v) is 5.44. The Morgan fingerprint density at radius 3 is 2.22 bits per heavy atom. The average Bonchev–Trinajstić information content (AvgIpc) is 3.31. The van der Waals surface area contributed by atoms with E-state index < -0.39 is 47.9 Å². The molecule has 0 aromatic carbocycles. The number of nitrogens with one attached hydrogen (secondary N) is 4. The number of carbonyl (C=O) groups excluding carboxylic acids is 3. The van der Waals surface area contributed by atoms with E-state index in [4.69, 9.17) is 17.2 Å². The van der Waals surface area contributed by atoms with Gasteiger partial charge in [-0.2, -0.15) is 12.6 Å². The smallest absolute Gasteiger partial charge is 0.326 e. The fourth-order valence-corrected chi connectivity index (χ4v) is 3.36. The van der Waals surface area contributed by atoms with Crippen molar-refractivity contribution in [3.63, 3.8) is 0 Å². The van der Waals surface area contributed by atoms with Crippen LogP contribution in [0.4, 0.5) is 0 Å². The van der Waals surface area contributed by atoms with Gasteiger partial charge in [0, 0.05) is 30.6 Å². The number of hydrogen-bond acceptors (Lipinski definition) is 8. The number of rotatable bonds is 16. The highest BCUT2D eigenvalue weighted by molar-refractivity contribution is 7.80. The van der Waals surface area contributed by atoms with Gasteiger partial charge < -0.3 is 43.2 Å². The molecule has 0 aliphatic carbocycles. The summed E-state index contributed by atoms with van der Waals surface area (Å²) in [7, 11) is 0. The number of carboxylic acids is 1. The number of amides is 3. The van der Waals surface area contributed by atoms with Crippen LogP contribution in [0.5, 0.6) is 0 Å². The van der Waals surface area contributed by atoms with Crippen LogP contribution < -0.4 is 33.2 Å². The Labute approximate surface area is 215 Å². The van der Waals surface area contributed by atoms with Gasteiger partial charge in [0.1, 0.15) is 18.1 Å². The Morgan fingerprint density at radius 2 is 1.69 bits per heavy atom. The lowest BCUT2D eigenvalue weighted by molar-refractivity contribution is -0.142. The maximum Gasteiger partial charge on any atom is 0.326 e. The molecule has 14 nitrogen and oxygen atoms in total. The van der Waals surface area contributed by atoms with E-state index in [1.54, 1.807) is 0 Å². The molecular formula is C21H37N9O5S. The van der Waals surface area contributed by atoms with Crippen molar-refractivity contribution in [1.82, 2.24) is 25.9 Å². The van der Waals surface area contributed by atoms with Gasteiger partial charge in [-0.05, 0) is 25.2 Å². The minimum absolute atomic E-state index is 0.0103. The van der Waals surface area contributed by atoms with Crippen LogP contribution in [-0.2, 0) is 25.6 Å². The zero-order valence-corrected chi connectivity index (χ0v) is 21.3. The minimum Gasteiger partial charge on any atom is -0.480 e. The maximum atomic E-state index is 13.1. The summed E-state index contributed by atoms with van der Waals surface area (Å²) in [6.45, 7) is 3.94. The summed E-state index contributed by atoms with van der Waals surface area (Å²) in [4.78, 5) is 60.7. The van der Waals surface area contributed by atoms with Crippen LogP contribution in [0.1, 0.15) is 38.8 Å². The van der Waals surface area contributed by atoms with Crippen molar-refractivity contribution in [2.45, 2.75) is 63.7 Å². The molecule has 0 spiro atoms. The lowest BCUT2D eigenvalue weighted by Gasteiger charge is -2.25. The fraction of sp³-hybridized carbons (Fsp3) is 0.619. The summed E-state index contributed by atoms with van der Waals surface area (Å²) in [6.07, 6.45) is 3.57. The second kappa shape index (κ2) is 15.6. The summed E-state index contributed by atoms with van der Waals surface area (Å²) < 4.78 is 0. The Bertz CT molecular complexity index is 890. The number of imidazole rings is 1. The largest absolute Gasteiger partial charge is 0.480 e. The van der Waals surface area contributed by atoms with Gasteiger partial charge in [0.2, 0.25) is 17.7 Å². The van der Waals surface area contributed by atoms with E-state index in [2.05, 4.69) is 43.5 Å². The van der Waals surface area contributed by atoms with Crippen molar-refractivity contribution in [2.75, 3.05) is 12.3 Å². The van der Waals surface area contributed by atoms with Gasteiger partial charge in [-0.25, -0.2) is 9.78 Å². The quantitative estimate of drug-likeness (QED) is 0.0491. The number of nitrogens with zero attached hydrogens (tertiary/aromatic N) is 2. The summed E-state index contributed by atoms with van der Waals surface area (Å²) in [5.74, 6) is -3.11. The molecule has 1 aromatic rings. The summed E-state index contributed by atoms with van der Waals surface area (Å²) in [5, 5.41) is 17.2. The lowest BCUT2D eigenvalue weighted by Crippen LogP contribution is -2.58. The normalized spacial score (nSPS) is 14.2. The number of H-pyrrole nitrogens is 1. The predicted molar refractivity (Wildman–Crippen MR) is 137 cm³/mol. The number of aromatic amines is 1. The van der Waals surface area contributed by atoms with Gasteiger partial charge in [-0.3, -0.25) is 19.4 Å². The molecule has 1 aromatic heterocycles. The number of aromatic nitrogens is 2. The lowest BCUT2D eigenvalue weighted by atomic mass is 10.0. The molecule has 0 bridgehead atoms. The summed E-state index contributed by atoms with van der Waals surface area (Å²) in [5.41, 5.74) is 16.8. The van der Waals surface area contributed by atoms with Gasteiger partial charge in [-0.15, -0.1) is 0 Å². The highest BCUT2D eigenvalue weighted by Gasteiger charge is 2.31. The highest BCUT2D eigenvalue weighted by atomic mass is 32.1. The molecule has 202 valence electrons.